The summed E-state index contributed by atoms with van der Waals surface area (Å²) >= 11 is 0. The monoisotopic (exact) mass is 720 g/mol. The zero-order valence-electron chi connectivity index (χ0n) is 26.4. The van der Waals surface area contributed by atoms with Crippen LogP contribution in [-0.4, -0.2) is 34.0 Å². The van der Waals surface area contributed by atoms with E-state index in [1.54, 1.807) is 154 Å². The Morgan fingerprint density at radius 1 is 0.200 bits per heavy atom. The van der Waals surface area contributed by atoms with E-state index in [1.807, 2.05) is 0 Å². The minimum absolute atomic E-state index is 0. The molecule has 0 bridgehead atoms. The van der Waals surface area contributed by atoms with Gasteiger partial charge in [-0.15, -0.1) is 34.0 Å². The second-order valence-corrected chi connectivity index (χ2v) is 20.8. The van der Waals surface area contributed by atoms with Crippen molar-refractivity contribution in [2.24, 2.45) is 0 Å². The van der Waals surface area contributed by atoms with Gasteiger partial charge in [-0.2, -0.15) is 0 Å². The van der Waals surface area contributed by atoms with Crippen molar-refractivity contribution in [2.75, 3.05) is 0 Å². The van der Waals surface area contributed by atoms with E-state index in [2.05, 4.69) is 0 Å². The lowest BCUT2D eigenvalue weighted by atomic mass is 9.99. The van der Waals surface area contributed by atoms with Gasteiger partial charge in [-0.25, -0.2) is 0 Å². The van der Waals surface area contributed by atoms with Gasteiger partial charge in [-0.05, 0) is 111 Å². The molecule has 0 aliphatic heterocycles. The van der Waals surface area contributed by atoms with E-state index in [-0.39, 0.29) is 34.0 Å². The average molecular weight is 723 g/mol. The Kier molecular flexibility index (Phi) is 18.8. The van der Waals surface area contributed by atoms with Gasteiger partial charge in [0.05, 0.1) is 0 Å². The third-order valence-corrected chi connectivity index (χ3v) is 20.1. The molecule has 0 nitrogen and oxygen atoms in total. The molecule has 6 fully saturated rings. The lowest BCUT2D eigenvalue weighted by Gasteiger charge is -2.44. The normalized spacial score (nSPS) is 27.4. The molecule has 6 aliphatic rings. The van der Waals surface area contributed by atoms with Crippen LogP contribution in [0.3, 0.4) is 0 Å². The molecule has 4 heteroatoms. The van der Waals surface area contributed by atoms with Crippen LogP contribution in [0.4, 0.5) is 0 Å². The van der Waals surface area contributed by atoms with Gasteiger partial charge in [0.1, 0.15) is 0 Å². The predicted octanol–water partition coefficient (Wildman–Crippen LogP) is 14.1. The maximum Gasteiger partial charge on any atom is -0.0204 e. The minimum atomic E-state index is 0. The van der Waals surface area contributed by atoms with Crippen LogP contribution in [0.5, 0.6) is 0 Å². The van der Waals surface area contributed by atoms with E-state index in [4.69, 9.17) is 0 Å². The van der Waals surface area contributed by atoms with E-state index in [0.717, 1.165) is 0 Å². The molecule has 236 valence electrons. The van der Waals surface area contributed by atoms with E-state index >= 15 is 0 Å². The first-order valence-electron chi connectivity index (χ1n) is 18.4. The maximum atomic E-state index is 1.61. The summed E-state index contributed by atoms with van der Waals surface area (Å²) in [5.74, 6) is 0. The second kappa shape index (κ2) is 20.8. The Bertz CT molecular complexity index is 469. The summed E-state index contributed by atoms with van der Waals surface area (Å²) in [6, 6.07) is 0. The molecular weight excluding hydrogens is 654 g/mol. The number of hydrogen-bond acceptors (Lipinski definition) is 0. The van der Waals surface area contributed by atoms with E-state index < -0.39 is 0 Å². The molecule has 40 heavy (non-hydrogen) atoms. The lowest BCUT2D eigenvalue weighted by Crippen LogP contribution is -2.28. The van der Waals surface area contributed by atoms with Gasteiger partial charge in [0.25, 0.3) is 0 Å². The van der Waals surface area contributed by atoms with Crippen molar-refractivity contribution in [3.8, 4) is 0 Å². The largest absolute Gasteiger partial charge is 0.114 e. The highest BCUT2D eigenvalue weighted by molar-refractivity contribution is 8.93. The molecule has 0 radical (unpaired) electrons. The van der Waals surface area contributed by atoms with Crippen molar-refractivity contribution in [1.82, 2.24) is 0 Å². The predicted molar refractivity (Wildman–Crippen MR) is 196 cm³/mol. The minimum Gasteiger partial charge on any atom is -0.114 e. The van der Waals surface area contributed by atoms with Gasteiger partial charge in [-0.3, -0.25) is 0 Å². The quantitative estimate of drug-likeness (QED) is 0.240. The molecule has 6 saturated carbocycles. The summed E-state index contributed by atoms with van der Waals surface area (Å²) in [6.07, 6.45) is 47.2. The number of halogens is 2. The van der Waals surface area contributed by atoms with Crippen molar-refractivity contribution in [3.63, 3.8) is 0 Å². The fraction of sp³-hybridized carbons (Fsp3) is 1.00. The van der Waals surface area contributed by atoms with Gasteiger partial charge in [-0.1, -0.05) is 131 Å². The Labute approximate surface area is 275 Å². The molecule has 0 aromatic heterocycles. The summed E-state index contributed by atoms with van der Waals surface area (Å²) in [5.41, 5.74) is 7.14. The lowest BCUT2D eigenvalue weighted by molar-refractivity contribution is 0.460. The number of hydrogen-bond donors (Lipinski definition) is 0. The van der Waals surface area contributed by atoms with Gasteiger partial charge in [0, 0.05) is 0 Å². The maximum absolute atomic E-state index is 1.61. The molecule has 0 aromatic rings. The Morgan fingerprint density at radius 2 is 0.325 bits per heavy atom. The average Bonchev–Trinajstić information content (AvgIpc) is 3.01. The first-order valence-corrected chi connectivity index (χ1v) is 21.5. The standard InChI is InChI=1S/2C18H33P.2BrH/c2*1-4-10-16(11-5-1)19(17-12-6-2-7-13-17)18-14-8-3-9-15-18;;/h2*16-18H,1-15H2;2*1H. The van der Waals surface area contributed by atoms with Gasteiger partial charge < -0.3 is 0 Å². The molecule has 0 heterocycles. The zero-order chi connectivity index (χ0) is 25.8. The van der Waals surface area contributed by atoms with Crippen LogP contribution in [0.1, 0.15) is 193 Å². The summed E-state index contributed by atoms with van der Waals surface area (Å²) in [5, 5.41) is 0. The van der Waals surface area contributed by atoms with Crippen molar-refractivity contribution in [3.05, 3.63) is 0 Å². The van der Waals surface area contributed by atoms with Crippen LogP contribution < -0.4 is 0 Å². The summed E-state index contributed by atoms with van der Waals surface area (Å²) < 4.78 is 0. The Morgan fingerprint density at radius 3 is 0.450 bits per heavy atom. The number of rotatable bonds is 6. The van der Waals surface area contributed by atoms with Crippen LogP contribution in [-0.2, 0) is 0 Å². The fourth-order valence-corrected chi connectivity index (χ4v) is 19.4. The molecule has 0 N–H and O–H groups in total. The Hall–Kier alpha value is 1.82. The molecule has 6 aliphatic carbocycles. The molecule has 0 saturated heterocycles. The second-order valence-electron chi connectivity index (χ2n) is 14.6. The molecule has 0 amide bonds. The van der Waals surface area contributed by atoms with Gasteiger partial charge in [0.15, 0.2) is 0 Å². The zero-order valence-corrected chi connectivity index (χ0v) is 31.6. The highest BCUT2D eigenvalue weighted by Crippen LogP contribution is 2.63. The molecule has 0 aromatic carbocycles. The van der Waals surface area contributed by atoms with E-state index in [0.29, 0.717) is 15.8 Å². The molecule has 0 unspecified atom stereocenters. The van der Waals surface area contributed by atoms with Crippen LogP contribution in [0.2, 0.25) is 0 Å². The van der Waals surface area contributed by atoms with Crippen LogP contribution in [0, 0.1) is 0 Å². The van der Waals surface area contributed by atoms with Gasteiger partial charge in [0.2, 0.25) is 0 Å². The smallest absolute Gasteiger partial charge is 0.0204 e. The van der Waals surface area contributed by atoms with Crippen LogP contribution in [0.25, 0.3) is 0 Å². The van der Waals surface area contributed by atoms with Crippen molar-refractivity contribution < 1.29 is 0 Å². The van der Waals surface area contributed by atoms with Crippen molar-refractivity contribution in [2.45, 2.75) is 227 Å². The fourth-order valence-electron chi connectivity index (χ4n) is 10.1. The Balaban J connectivity index is 0.000000210. The highest BCUT2D eigenvalue weighted by atomic mass is 79.9. The van der Waals surface area contributed by atoms with Crippen LogP contribution in [0.15, 0.2) is 0 Å². The molecule has 0 atom stereocenters. The molecular formula is C36H68Br2P2. The van der Waals surface area contributed by atoms with Crippen molar-refractivity contribution >= 4 is 49.8 Å². The third kappa shape index (κ3) is 11.0. The van der Waals surface area contributed by atoms with Crippen LogP contribution >= 0.6 is 49.8 Å². The first kappa shape index (κ1) is 36.3. The first-order chi connectivity index (χ1) is 18.9. The SMILES string of the molecule is Br.Br.C1CCC(P(C2CCCCC2)C2CCCCC2)CC1.C1CCC(P(C2CCCCC2)C2CCCCC2)CC1. The topological polar surface area (TPSA) is 0 Å². The molecule has 6 rings (SSSR count). The summed E-state index contributed by atoms with van der Waals surface area (Å²) in [6.45, 7) is 0. The third-order valence-electron chi connectivity index (χ3n) is 12.0. The van der Waals surface area contributed by atoms with E-state index in [9.17, 15) is 0 Å². The molecule has 0 spiro atoms. The van der Waals surface area contributed by atoms with Gasteiger partial charge >= 0.3 is 0 Å². The highest BCUT2D eigenvalue weighted by Gasteiger charge is 2.37. The van der Waals surface area contributed by atoms with E-state index in [1.165, 1.54) is 72.5 Å². The van der Waals surface area contributed by atoms with Crippen molar-refractivity contribution in [1.29, 1.82) is 0 Å². The summed E-state index contributed by atoms with van der Waals surface area (Å²) in [7, 11) is 0.770. The summed E-state index contributed by atoms with van der Waals surface area (Å²) in [4.78, 5) is 0.